The number of aromatic nitrogens is 3. The molecule has 0 radical (unpaired) electrons. The van der Waals surface area contributed by atoms with Crippen LogP contribution < -0.4 is 20.1 Å². The van der Waals surface area contributed by atoms with Gasteiger partial charge < -0.3 is 20.1 Å². The summed E-state index contributed by atoms with van der Waals surface area (Å²) in [4.78, 5) is 18.2. The van der Waals surface area contributed by atoms with Crippen molar-refractivity contribution in [3.8, 4) is 11.5 Å². The Labute approximate surface area is 192 Å². The number of nitrogens with zero attached hydrogens (tertiary/aromatic N) is 3. The number of anilines is 2. The lowest BCUT2D eigenvalue weighted by Gasteiger charge is -2.29. The van der Waals surface area contributed by atoms with Crippen molar-refractivity contribution in [2.24, 2.45) is 0 Å². The summed E-state index contributed by atoms with van der Waals surface area (Å²) in [6.45, 7) is 7.13. The van der Waals surface area contributed by atoms with Gasteiger partial charge in [-0.1, -0.05) is 30.7 Å². The van der Waals surface area contributed by atoms with Gasteiger partial charge in [-0.15, -0.1) is 0 Å². The summed E-state index contributed by atoms with van der Waals surface area (Å²) in [5.74, 6) is 2.53. The second-order valence-electron chi connectivity index (χ2n) is 8.29. The third kappa shape index (κ3) is 4.04. The summed E-state index contributed by atoms with van der Waals surface area (Å²) < 4.78 is 13.5. The molecule has 1 aromatic heterocycles. The van der Waals surface area contributed by atoms with Crippen LogP contribution in [0.3, 0.4) is 0 Å². The van der Waals surface area contributed by atoms with E-state index in [0.717, 1.165) is 28.9 Å². The number of nitrogens with one attached hydrogen (secondary N) is 2. The fourth-order valence-corrected chi connectivity index (χ4v) is 4.13. The van der Waals surface area contributed by atoms with Gasteiger partial charge in [0.05, 0.1) is 18.8 Å². The second kappa shape index (κ2) is 8.61. The number of hydrogen-bond donors (Lipinski definition) is 2. The smallest absolute Gasteiger partial charge is 0.255 e. The summed E-state index contributed by atoms with van der Waals surface area (Å²) in [7, 11) is 0. The van der Waals surface area contributed by atoms with Crippen molar-refractivity contribution in [1.29, 1.82) is 0 Å². The number of carbonyl (C=O) groups is 1. The lowest BCUT2D eigenvalue weighted by atomic mass is 9.94. The van der Waals surface area contributed by atoms with Crippen molar-refractivity contribution in [2.75, 3.05) is 23.8 Å². The standard InChI is InChI=1S/C25H27N5O3/c1-4-21-28-25-26-16(3)22(24(31)27-18-9-6-15(2)7-10-18)23(30(25)29-21)17-8-11-19-20(14-17)33-13-5-12-32-19/h6-11,14,23H,4-5,12-13H2,1-3H3,(H,27,31)(H,26,28,29). The van der Waals surface area contributed by atoms with E-state index in [0.29, 0.717) is 48.5 Å². The van der Waals surface area contributed by atoms with E-state index in [1.165, 1.54) is 0 Å². The predicted octanol–water partition coefficient (Wildman–Crippen LogP) is 4.24. The second-order valence-corrected chi connectivity index (χ2v) is 8.29. The first-order valence-corrected chi connectivity index (χ1v) is 11.2. The van der Waals surface area contributed by atoms with Crippen LogP contribution in [0, 0.1) is 6.92 Å². The zero-order chi connectivity index (χ0) is 22.9. The maximum absolute atomic E-state index is 13.6. The van der Waals surface area contributed by atoms with Gasteiger partial charge in [-0.3, -0.25) is 4.79 Å². The van der Waals surface area contributed by atoms with Crippen LogP contribution in [-0.2, 0) is 11.2 Å². The molecule has 0 fully saturated rings. The van der Waals surface area contributed by atoms with Crippen LogP contribution >= 0.6 is 0 Å². The van der Waals surface area contributed by atoms with E-state index in [-0.39, 0.29) is 5.91 Å². The molecule has 33 heavy (non-hydrogen) atoms. The van der Waals surface area contributed by atoms with Gasteiger partial charge >= 0.3 is 0 Å². The highest BCUT2D eigenvalue weighted by molar-refractivity contribution is 6.06. The van der Waals surface area contributed by atoms with Gasteiger partial charge in [0, 0.05) is 24.2 Å². The maximum atomic E-state index is 13.6. The molecule has 170 valence electrons. The molecule has 2 aliphatic heterocycles. The molecule has 2 aliphatic rings. The van der Waals surface area contributed by atoms with Crippen LogP contribution in [-0.4, -0.2) is 33.9 Å². The van der Waals surface area contributed by atoms with E-state index < -0.39 is 6.04 Å². The van der Waals surface area contributed by atoms with Gasteiger partial charge in [0.2, 0.25) is 5.95 Å². The van der Waals surface area contributed by atoms with E-state index in [1.807, 2.05) is 63.2 Å². The number of aryl methyl sites for hydroxylation is 2. The number of ether oxygens (including phenoxy) is 2. The van der Waals surface area contributed by atoms with Crippen LogP contribution in [0.1, 0.15) is 43.3 Å². The van der Waals surface area contributed by atoms with Crippen LogP contribution in [0.15, 0.2) is 53.7 Å². The Bertz CT molecular complexity index is 1230. The molecule has 2 N–H and O–H groups in total. The average molecular weight is 446 g/mol. The van der Waals surface area contributed by atoms with Gasteiger partial charge in [0.1, 0.15) is 6.04 Å². The summed E-state index contributed by atoms with van der Waals surface area (Å²) in [6.07, 6.45) is 1.52. The summed E-state index contributed by atoms with van der Waals surface area (Å²) >= 11 is 0. The fraction of sp³-hybridized carbons (Fsp3) is 0.320. The van der Waals surface area contributed by atoms with Crippen molar-refractivity contribution < 1.29 is 14.3 Å². The largest absolute Gasteiger partial charge is 0.490 e. The molecule has 0 spiro atoms. The SMILES string of the molecule is CCc1nc2n(n1)C(c1ccc3c(c1)OCCCO3)C(C(=O)Nc1ccc(C)cc1)=C(C)N2. The highest BCUT2D eigenvalue weighted by Crippen LogP contribution is 2.39. The zero-order valence-electron chi connectivity index (χ0n) is 19.0. The molecular formula is C25H27N5O3. The quantitative estimate of drug-likeness (QED) is 0.624. The normalized spacial score (nSPS) is 17.1. The first kappa shape index (κ1) is 21.1. The van der Waals surface area contributed by atoms with Gasteiger partial charge in [0.15, 0.2) is 17.3 Å². The third-order valence-corrected chi connectivity index (χ3v) is 5.85. The molecule has 1 unspecified atom stereocenters. The van der Waals surface area contributed by atoms with Gasteiger partial charge in [0.25, 0.3) is 5.91 Å². The molecular weight excluding hydrogens is 418 g/mol. The van der Waals surface area contributed by atoms with E-state index in [4.69, 9.17) is 14.6 Å². The van der Waals surface area contributed by atoms with Crippen LogP contribution in [0.5, 0.6) is 11.5 Å². The molecule has 8 nitrogen and oxygen atoms in total. The molecule has 5 rings (SSSR count). The van der Waals surface area contributed by atoms with Crippen LogP contribution in [0.2, 0.25) is 0 Å². The van der Waals surface area contributed by atoms with E-state index >= 15 is 0 Å². The molecule has 1 atom stereocenters. The third-order valence-electron chi connectivity index (χ3n) is 5.85. The van der Waals surface area contributed by atoms with Crippen LogP contribution in [0.4, 0.5) is 11.6 Å². The molecule has 0 saturated heterocycles. The molecule has 0 saturated carbocycles. The number of benzene rings is 2. The molecule has 0 aliphatic carbocycles. The first-order valence-electron chi connectivity index (χ1n) is 11.2. The Morgan fingerprint density at radius 3 is 2.64 bits per heavy atom. The minimum atomic E-state index is -0.461. The fourth-order valence-electron chi connectivity index (χ4n) is 4.13. The topological polar surface area (TPSA) is 90.3 Å². The number of amides is 1. The van der Waals surface area contributed by atoms with E-state index in [2.05, 4.69) is 15.6 Å². The van der Waals surface area contributed by atoms with Gasteiger partial charge in [-0.05, 0) is 43.7 Å². The number of allylic oxidation sites excluding steroid dienone is 1. The average Bonchev–Trinajstić information content (AvgIpc) is 3.07. The molecule has 3 heterocycles. The lowest BCUT2D eigenvalue weighted by Crippen LogP contribution is -2.31. The van der Waals surface area contributed by atoms with Gasteiger partial charge in [-0.2, -0.15) is 10.1 Å². The van der Waals surface area contributed by atoms with E-state index in [1.54, 1.807) is 4.68 Å². The first-order chi connectivity index (χ1) is 16.0. The number of fused-ring (bicyclic) bond motifs is 2. The van der Waals surface area contributed by atoms with Crippen molar-refractivity contribution in [3.05, 3.63) is 70.7 Å². The lowest BCUT2D eigenvalue weighted by molar-refractivity contribution is -0.113. The number of rotatable bonds is 4. The Morgan fingerprint density at radius 1 is 1.12 bits per heavy atom. The number of hydrogen-bond acceptors (Lipinski definition) is 6. The van der Waals surface area contributed by atoms with Crippen molar-refractivity contribution >= 4 is 17.5 Å². The molecule has 0 bridgehead atoms. The van der Waals surface area contributed by atoms with Crippen molar-refractivity contribution in [2.45, 2.75) is 39.7 Å². The minimum Gasteiger partial charge on any atom is -0.490 e. The Balaban J connectivity index is 1.58. The summed E-state index contributed by atoms with van der Waals surface area (Å²) in [5, 5.41) is 11.0. The molecule has 3 aromatic rings. The zero-order valence-corrected chi connectivity index (χ0v) is 19.0. The molecule has 2 aromatic carbocycles. The van der Waals surface area contributed by atoms with E-state index in [9.17, 15) is 4.79 Å². The van der Waals surface area contributed by atoms with Crippen molar-refractivity contribution in [1.82, 2.24) is 14.8 Å². The molecule has 1 amide bonds. The van der Waals surface area contributed by atoms with Crippen molar-refractivity contribution in [3.63, 3.8) is 0 Å². The van der Waals surface area contributed by atoms with Gasteiger partial charge in [-0.25, -0.2) is 4.68 Å². The highest BCUT2D eigenvalue weighted by Gasteiger charge is 2.35. The highest BCUT2D eigenvalue weighted by atomic mass is 16.5. The summed E-state index contributed by atoms with van der Waals surface area (Å²) in [6, 6.07) is 13.1. The predicted molar refractivity (Wildman–Crippen MR) is 126 cm³/mol. The number of carbonyl (C=O) groups excluding carboxylic acids is 1. The Kier molecular flexibility index (Phi) is 5.50. The summed E-state index contributed by atoms with van der Waals surface area (Å²) in [5.41, 5.74) is 4.06. The Morgan fingerprint density at radius 2 is 1.88 bits per heavy atom. The van der Waals surface area contributed by atoms with Crippen LogP contribution in [0.25, 0.3) is 0 Å². The minimum absolute atomic E-state index is 0.194. The maximum Gasteiger partial charge on any atom is 0.255 e. The monoisotopic (exact) mass is 445 g/mol. The molecule has 8 heteroatoms. The Hall–Kier alpha value is -3.81.